The molecule has 1 saturated carbocycles. The molecule has 3 N–H and O–H groups in total. The summed E-state index contributed by atoms with van der Waals surface area (Å²) in [4.78, 5) is 26.0. The van der Waals surface area contributed by atoms with Crippen molar-refractivity contribution in [2.24, 2.45) is 5.92 Å². The fourth-order valence-electron chi connectivity index (χ4n) is 3.64. The Morgan fingerprint density at radius 2 is 1.85 bits per heavy atom. The molecular weight excluding hydrogens is 334 g/mol. The number of carbonyl (C=O) groups excluding carboxylic acids is 2. The van der Waals surface area contributed by atoms with Gasteiger partial charge in [0.25, 0.3) is 5.91 Å². The van der Waals surface area contributed by atoms with Crippen LogP contribution in [0.2, 0.25) is 0 Å². The second-order valence-corrected chi connectivity index (χ2v) is 7.49. The summed E-state index contributed by atoms with van der Waals surface area (Å²) in [5.74, 6) is 1.54. The average Bonchev–Trinajstić information content (AvgIpc) is 3.34. The van der Waals surface area contributed by atoms with Crippen LogP contribution in [-0.2, 0) is 9.59 Å². The van der Waals surface area contributed by atoms with Crippen molar-refractivity contribution in [2.45, 2.75) is 44.7 Å². The first kappa shape index (κ1) is 17.1. The summed E-state index contributed by atoms with van der Waals surface area (Å²) in [6.45, 7) is 3.90. The Bertz CT molecular complexity index is 696. The molecule has 2 aliphatic heterocycles. The number of rotatable bonds is 5. The second-order valence-electron chi connectivity index (χ2n) is 7.49. The summed E-state index contributed by atoms with van der Waals surface area (Å²) < 4.78 is 10.6. The number of fused-ring (bicyclic) bond motifs is 1. The summed E-state index contributed by atoms with van der Waals surface area (Å²) in [6.07, 6.45) is 3.81. The summed E-state index contributed by atoms with van der Waals surface area (Å²) in [5.41, 5.74) is 0.728. The maximum absolute atomic E-state index is 12.6. The number of benzene rings is 1. The number of quaternary nitrogens is 1. The van der Waals surface area contributed by atoms with Gasteiger partial charge in [0.1, 0.15) is 0 Å². The van der Waals surface area contributed by atoms with E-state index in [1.165, 1.54) is 4.90 Å². The largest absolute Gasteiger partial charge is 0.454 e. The van der Waals surface area contributed by atoms with E-state index < -0.39 is 0 Å². The standard InChI is InChI=1S/C19H25N3O4/c1-12(18(23)20-14-2-3-14)22-8-6-13(7-9-22)19(24)21-15-4-5-16-17(10-15)26-11-25-16/h4-5,10,12-14H,2-3,6-9,11H2,1H3,(H,20,23)(H,21,24)/p+1/t12-/m1/s1. The van der Waals surface area contributed by atoms with Crippen LogP contribution < -0.4 is 25.0 Å². The Morgan fingerprint density at radius 3 is 2.58 bits per heavy atom. The minimum absolute atomic E-state index is 0.0112. The summed E-state index contributed by atoms with van der Waals surface area (Å²) in [5, 5.41) is 6.06. The van der Waals surface area contributed by atoms with E-state index in [-0.39, 0.29) is 30.6 Å². The Labute approximate surface area is 153 Å². The highest BCUT2D eigenvalue weighted by Gasteiger charge is 2.34. The van der Waals surface area contributed by atoms with Gasteiger partial charge < -0.3 is 25.0 Å². The molecule has 2 heterocycles. The smallest absolute Gasteiger partial charge is 0.278 e. The van der Waals surface area contributed by atoms with Crippen molar-refractivity contribution in [1.82, 2.24) is 5.32 Å². The Kier molecular flexibility index (Phi) is 4.72. The number of ether oxygens (including phenoxy) is 2. The molecule has 140 valence electrons. The van der Waals surface area contributed by atoms with Gasteiger partial charge in [0.2, 0.25) is 12.7 Å². The lowest BCUT2D eigenvalue weighted by Gasteiger charge is -2.32. The molecule has 0 bridgehead atoms. The molecule has 26 heavy (non-hydrogen) atoms. The predicted molar refractivity (Wildman–Crippen MR) is 95.2 cm³/mol. The maximum atomic E-state index is 12.6. The number of likely N-dealkylation sites (tertiary alicyclic amines) is 1. The summed E-state index contributed by atoms with van der Waals surface area (Å²) in [6, 6.07) is 5.79. The zero-order chi connectivity index (χ0) is 18.1. The maximum Gasteiger partial charge on any atom is 0.278 e. The molecule has 2 fully saturated rings. The lowest BCUT2D eigenvalue weighted by atomic mass is 9.94. The highest BCUT2D eigenvalue weighted by atomic mass is 16.7. The molecule has 0 spiro atoms. The van der Waals surface area contributed by atoms with Crippen LogP contribution in [0.5, 0.6) is 11.5 Å². The topological polar surface area (TPSA) is 81.1 Å². The monoisotopic (exact) mass is 360 g/mol. The van der Waals surface area contributed by atoms with E-state index >= 15 is 0 Å². The van der Waals surface area contributed by atoms with Crippen molar-refractivity contribution < 1.29 is 24.0 Å². The van der Waals surface area contributed by atoms with Gasteiger partial charge in [-0.3, -0.25) is 9.59 Å². The predicted octanol–water partition coefficient (Wildman–Crippen LogP) is 0.316. The lowest BCUT2D eigenvalue weighted by Crippen LogP contribution is -3.17. The third-order valence-electron chi connectivity index (χ3n) is 5.57. The summed E-state index contributed by atoms with van der Waals surface area (Å²) >= 11 is 0. The zero-order valence-electron chi connectivity index (χ0n) is 15.0. The van der Waals surface area contributed by atoms with E-state index in [0.717, 1.165) is 44.5 Å². The molecule has 1 saturated heterocycles. The number of piperidine rings is 1. The van der Waals surface area contributed by atoms with Crippen LogP contribution in [0.1, 0.15) is 32.6 Å². The molecule has 2 amide bonds. The molecule has 3 aliphatic rings. The molecule has 7 nitrogen and oxygen atoms in total. The second kappa shape index (κ2) is 7.15. The highest BCUT2D eigenvalue weighted by molar-refractivity contribution is 5.93. The van der Waals surface area contributed by atoms with Gasteiger partial charge in [0.05, 0.1) is 13.1 Å². The van der Waals surface area contributed by atoms with Crippen LogP contribution in [-0.4, -0.2) is 43.8 Å². The van der Waals surface area contributed by atoms with Gasteiger partial charge in [-0.2, -0.15) is 0 Å². The SMILES string of the molecule is C[C@H](C(=O)NC1CC1)[NH+]1CCC(C(=O)Nc2ccc3c(c2)OCO3)CC1. The molecule has 0 radical (unpaired) electrons. The molecule has 7 heteroatoms. The van der Waals surface area contributed by atoms with Crippen LogP contribution in [0, 0.1) is 5.92 Å². The molecule has 1 aromatic rings. The van der Waals surface area contributed by atoms with E-state index in [1.807, 2.05) is 19.1 Å². The normalized spacial score (nSPS) is 25.4. The van der Waals surface area contributed by atoms with Crippen molar-refractivity contribution >= 4 is 17.5 Å². The van der Waals surface area contributed by atoms with Crippen molar-refractivity contribution in [3.05, 3.63) is 18.2 Å². The fourth-order valence-corrected chi connectivity index (χ4v) is 3.64. The number of carbonyl (C=O) groups is 2. The minimum Gasteiger partial charge on any atom is -0.454 e. The molecule has 4 rings (SSSR count). The lowest BCUT2D eigenvalue weighted by molar-refractivity contribution is -0.919. The number of nitrogens with one attached hydrogen (secondary N) is 3. The molecule has 1 aliphatic carbocycles. The van der Waals surface area contributed by atoms with Crippen LogP contribution >= 0.6 is 0 Å². The van der Waals surface area contributed by atoms with Crippen molar-refractivity contribution in [2.75, 3.05) is 25.2 Å². The Balaban J connectivity index is 1.27. The molecule has 1 atom stereocenters. The molecule has 1 aromatic carbocycles. The van der Waals surface area contributed by atoms with Crippen molar-refractivity contribution in [1.29, 1.82) is 0 Å². The van der Waals surface area contributed by atoms with Crippen molar-refractivity contribution in [3.8, 4) is 11.5 Å². The van der Waals surface area contributed by atoms with Gasteiger partial charge in [-0.15, -0.1) is 0 Å². The molecule has 0 unspecified atom stereocenters. The van der Waals surface area contributed by atoms with E-state index in [4.69, 9.17) is 9.47 Å². The Morgan fingerprint density at radius 1 is 1.12 bits per heavy atom. The highest BCUT2D eigenvalue weighted by Crippen LogP contribution is 2.34. The third-order valence-corrected chi connectivity index (χ3v) is 5.57. The van der Waals surface area contributed by atoms with Gasteiger partial charge in [-0.05, 0) is 31.9 Å². The van der Waals surface area contributed by atoms with Gasteiger partial charge >= 0.3 is 0 Å². The molecule has 0 aromatic heterocycles. The third kappa shape index (κ3) is 3.77. The van der Waals surface area contributed by atoms with E-state index in [0.29, 0.717) is 17.5 Å². The van der Waals surface area contributed by atoms with Crippen LogP contribution in [0.3, 0.4) is 0 Å². The zero-order valence-corrected chi connectivity index (χ0v) is 15.0. The molecular formula is C19H26N3O4+. The minimum atomic E-state index is -0.0477. The van der Waals surface area contributed by atoms with Crippen LogP contribution in [0.4, 0.5) is 5.69 Å². The number of hydrogen-bond donors (Lipinski definition) is 3. The summed E-state index contributed by atoms with van der Waals surface area (Å²) in [7, 11) is 0. The fraction of sp³-hybridized carbons (Fsp3) is 0.579. The number of amides is 2. The number of anilines is 1. The number of hydrogen-bond acceptors (Lipinski definition) is 4. The van der Waals surface area contributed by atoms with Gasteiger partial charge in [-0.1, -0.05) is 0 Å². The van der Waals surface area contributed by atoms with E-state index in [2.05, 4.69) is 10.6 Å². The first-order valence-electron chi connectivity index (χ1n) is 9.45. The first-order chi connectivity index (χ1) is 12.6. The van der Waals surface area contributed by atoms with Gasteiger partial charge in [0.15, 0.2) is 17.5 Å². The van der Waals surface area contributed by atoms with Crippen LogP contribution in [0.25, 0.3) is 0 Å². The first-order valence-corrected chi connectivity index (χ1v) is 9.45. The van der Waals surface area contributed by atoms with E-state index in [9.17, 15) is 9.59 Å². The Hall–Kier alpha value is -2.28. The van der Waals surface area contributed by atoms with E-state index in [1.54, 1.807) is 6.07 Å². The van der Waals surface area contributed by atoms with Crippen LogP contribution in [0.15, 0.2) is 18.2 Å². The quantitative estimate of drug-likeness (QED) is 0.706. The van der Waals surface area contributed by atoms with Gasteiger partial charge in [-0.25, -0.2) is 0 Å². The van der Waals surface area contributed by atoms with Crippen molar-refractivity contribution in [3.63, 3.8) is 0 Å². The average molecular weight is 360 g/mol. The van der Waals surface area contributed by atoms with Gasteiger partial charge in [0, 0.05) is 36.6 Å².